The summed E-state index contributed by atoms with van der Waals surface area (Å²) in [6, 6.07) is 22.9. The Hall–Kier alpha value is -3.15. The first kappa shape index (κ1) is 18.2. The summed E-state index contributed by atoms with van der Waals surface area (Å²) < 4.78 is 6.97. The number of rotatable bonds is 4. The number of nitrogens with zero attached hydrogens (tertiary/aromatic N) is 3. The summed E-state index contributed by atoms with van der Waals surface area (Å²) in [4.78, 5) is 16.8. The minimum Gasteiger partial charge on any atom is -0.386 e. The van der Waals surface area contributed by atoms with Crippen LogP contribution < -0.4 is 4.74 Å². The fourth-order valence-electron chi connectivity index (χ4n) is 2.60. The zero-order chi connectivity index (χ0) is 19.5. The maximum absolute atomic E-state index is 12.4. The predicted molar refractivity (Wildman–Crippen MR) is 108 cm³/mol. The standard InChI is InChI=1S/C21H13Cl2N3O2/c22-16-8-6-14(7-9-16)19-24-21(28-20(27)15-4-2-1-3-5-15)25-26(19)18-12-10-17(23)11-13-18/h1-13H. The molecule has 1 heterocycles. The van der Waals surface area contributed by atoms with Crippen LogP contribution in [0.1, 0.15) is 10.4 Å². The highest BCUT2D eigenvalue weighted by Crippen LogP contribution is 2.26. The second-order valence-electron chi connectivity index (χ2n) is 5.87. The van der Waals surface area contributed by atoms with Crippen molar-refractivity contribution in [1.29, 1.82) is 0 Å². The van der Waals surface area contributed by atoms with Crippen LogP contribution in [0.2, 0.25) is 10.0 Å². The Morgan fingerprint density at radius 1 is 0.821 bits per heavy atom. The molecule has 0 aliphatic rings. The van der Waals surface area contributed by atoms with Gasteiger partial charge in [0.15, 0.2) is 5.82 Å². The molecule has 0 N–H and O–H groups in total. The molecule has 0 saturated heterocycles. The molecule has 28 heavy (non-hydrogen) atoms. The first-order valence-corrected chi connectivity index (χ1v) is 9.12. The molecule has 0 aliphatic heterocycles. The van der Waals surface area contributed by atoms with Gasteiger partial charge in [0, 0.05) is 15.6 Å². The van der Waals surface area contributed by atoms with Gasteiger partial charge in [-0.25, -0.2) is 9.48 Å². The Kier molecular flexibility index (Phi) is 5.10. The molecule has 0 aliphatic carbocycles. The Morgan fingerprint density at radius 2 is 1.43 bits per heavy atom. The van der Waals surface area contributed by atoms with Crippen molar-refractivity contribution >= 4 is 29.2 Å². The topological polar surface area (TPSA) is 57.0 Å². The van der Waals surface area contributed by atoms with E-state index in [1.54, 1.807) is 65.3 Å². The highest BCUT2D eigenvalue weighted by molar-refractivity contribution is 6.30. The van der Waals surface area contributed by atoms with Gasteiger partial charge in [-0.2, -0.15) is 4.98 Å². The number of carbonyl (C=O) groups is 1. The van der Waals surface area contributed by atoms with E-state index in [0.717, 1.165) is 11.3 Å². The largest absolute Gasteiger partial charge is 0.386 e. The molecule has 0 atom stereocenters. The Labute approximate surface area is 171 Å². The smallest absolute Gasteiger partial charge is 0.345 e. The SMILES string of the molecule is O=C(Oc1nc(-c2ccc(Cl)cc2)n(-c2ccc(Cl)cc2)n1)c1ccccc1. The number of halogens is 2. The van der Waals surface area contributed by atoms with Gasteiger partial charge >= 0.3 is 12.0 Å². The molecule has 5 nitrogen and oxygen atoms in total. The van der Waals surface area contributed by atoms with Gasteiger partial charge < -0.3 is 4.74 Å². The summed E-state index contributed by atoms with van der Waals surface area (Å²) in [6.45, 7) is 0. The third kappa shape index (κ3) is 3.91. The molecule has 1 aromatic heterocycles. The Morgan fingerprint density at radius 3 is 2.07 bits per heavy atom. The second-order valence-corrected chi connectivity index (χ2v) is 6.74. The van der Waals surface area contributed by atoms with Crippen LogP contribution >= 0.6 is 23.2 Å². The first-order chi connectivity index (χ1) is 13.6. The molecular formula is C21H13Cl2N3O2. The van der Waals surface area contributed by atoms with Crippen LogP contribution in [0.25, 0.3) is 17.1 Å². The van der Waals surface area contributed by atoms with Crippen molar-refractivity contribution in [2.24, 2.45) is 0 Å². The fourth-order valence-corrected chi connectivity index (χ4v) is 2.85. The van der Waals surface area contributed by atoms with Crippen molar-refractivity contribution in [3.8, 4) is 23.1 Å². The van der Waals surface area contributed by atoms with Crippen molar-refractivity contribution in [2.75, 3.05) is 0 Å². The molecule has 0 saturated carbocycles. The summed E-state index contributed by atoms with van der Waals surface area (Å²) in [5.41, 5.74) is 1.91. The average molecular weight is 410 g/mol. The number of hydrogen-bond donors (Lipinski definition) is 0. The van der Waals surface area contributed by atoms with Gasteiger partial charge in [-0.1, -0.05) is 41.4 Å². The summed E-state index contributed by atoms with van der Waals surface area (Å²) in [6.07, 6.45) is 0. The normalized spacial score (nSPS) is 10.6. The quantitative estimate of drug-likeness (QED) is 0.419. The first-order valence-electron chi connectivity index (χ1n) is 8.36. The van der Waals surface area contributed by atoms with Crippen molar-refractivity contribution in [3.05, 3.63) is 94.5 Å². The third-order valence-corrected chi connectivity index (χ3v) is 4.46. The lowest BCUT2D eigenvalue weighted by Crippen LogP contribution is -2.09. The van der Waals surface area contributed by atoms with E-state index >= 15 is 0 Å². The third-order valence-electron chi connectivity index (χ3n) is 3.95. The van der Waals surface area contributed by atoms with E-state index in [0.29, 0.717) is 21.4 Å². The number of ether oxygens (including phenoxy) is 1. The minimum absolute atomic E-state index is 0.0475. The molecule has 0 radical (unpaired) electrons. The Bertz CT molecular complexity index is 1050. The molecule has 0 amide bonds. The zero-order valence-corrected chi connectivity index (χ0v) is 15.9. The van der Waals surface area contributed by atoms with E-state index in [9.17, 15) is 4.79 Å². The molecular weight excluding hydrogens is 397 g/mol. The lowest BCUT2D eigenvalue weighted by Gasteiger charge is -2.05. The number of carbonyl (C=O) groups excluding carboxylic acids is 1. The van der Waals surface area contributed by atoms with Crippen molar-refractivity contribution < 1.29 is 9.53 Å². The van der Waals surface area contributed by atoms with Crippen molar-refractivity contribution in [1.82, 2.24) is 14.8 Å². The van der Waals surface area contributed by atoms with Crippen LogP contribution in [0.15, 0.2) is 78.9 Å². The molecule has 0 spiro atoms. The van der Waals surface area contributed by atoms with Gasteiger partial charge in [0.05, 0.1) is 11.3 Å². The fraction of sp³-hybridized carbons (Fsp3) is 0. The van der Waals surface area contributed by atoms with Gasteiger partial charge in [0.2, 0.25) is 0 Å². The van der Waals surface area contributed by atoms with Crippen LogP contribution in [0.5, 0.6) is 6.01 Å². The van der Waals surface area contributed by atoms with E-state index in [1.165, 1.54) is 0 Å². The maximum atomic E-state index is 12.4. The average Bonchev–Trinajstić information content (AvgIpc) is 3.13. The monoisotopic (exact) mass is 409 g/mol. The van der Waals surface area contributed by atoms with E-state index in [4.69, 9.17) is 27.9 Å². The Balaban J connectivity index is 1.74. The van der Waals surface area contributed by atoms with Crippen LogP contribution in [0.4, 0.5) is 0 Å². The summed E-state index contributed by atoms with van der Waals surface area (Å²) >= 11 is 12.0. The predicted octanol–water partition coefficient (Wildman–Crippen LogP) is 5.46. The van der Waals surface area contributed by atoms with E-state index < -0.39 is 5.97 Å². The van der Waals surface area contributed by atoms with E-state index in [2.05, 4.69) is 10.1 Å². The van der Waals surface area contributed by atoms with Gasteiger partial charge in [-0.15, -0.1) is 5.10 Å². The van der Waals surface area contributed by atoms with E-state index in [1.807, 2.05) is 18.2 Å². The second kappa shape index (κ2) is 7.84. The summed E-state index contributed by atoms with van der Waals surface area (Å²) in [5.74, 6) is -0.0219. The molecule has 0 unspecified atom stereocenters. The highest BCUT2D eigenvalue weighted by Gasteiger charge is 2.18. The minimum atomic E-state index is -0.531. The summed E-state index contributed by atoms with van der Waals surface area (Å²) in [7, 11) is 0. The molecule has 3 aromatic carbocycles. The molecule has 0 fully saturated rings. The number of hydrogen-bond acceptors (Lipinski definition) is 4. The van der Waals surface area contributed by atoms with Gasteiger partial charge in [0.25, 0.3) is 0 Å². The van der Waals surface area contributed by atoms with E-state index in [-0.39, 0.29) is 6.01 Å². The van der Waals surface area contributed by atoms with Gasteiger partial charge in [0.1, 0.15) is 0 Å². The van der Waals surface area contributed by atoms with Crippen LogP contribution in [-0.4, -0.2) is 20.7 Å². The number of aromatic nitrogens is 3. The van der Waals surface area contributed by atoms with Gasteiger partial charge in [-0.05, 0) is 60.7 Å². The number of benzene rings is 3. The molecule has 138 valence electrons. The maximum Gasteiger partial charge on any atom is 0.345 e. The zero-order valence-electron chi connectivity index (χ0n) is 14.4. The van der Waals surface area contributed by atoms with Crippen LogP contribution in [0.3, 0.4) is 0 Å². The molecule has 4 aromatic rings. The lowest BCUT2D eigenvalue weighted by molar-refractivity contribution is 0.0719. The van der Waals surface area contributed by atoms with Crippen LogP contribution in [0, 0.1) is 0 Å². The highest BCUT2D eigenvalue weighted by atomic mass is 35.5. The molecule has 4 rings (SSSR count). The van der Waals surface area contributed by atoms with Crippen LogP contribution in [-0.2, 0) is 0 Å². The molecule has 0 bridgehead atoms. The molecule has 7 heteroatoms. The lowest BCUT2D eigenvalue weighted by atomic mass is 10.2. The van der Waals surface area contributed by atoms with Crippen molar-refractivity contribution in [3.63, 3.8) is 0 Å². The summed E-state index contributed by atoms with van der Waals surface area (Å²) in [5, 5.41) is 5.57. The number of esters is 1. The van der Waals surface area contributed by atoms with Crippen molar-refractivity contribution in [2.45, 2.75) is 0 Å². The van der Waals surface area contributed by atoms with Gasteiger partial charge in [-0.3, -0.25) is 0 Å².